The molecule has 202 valence electrons. The average molecular weight is 609 g/mol. The summed E-state index contributed by atoms with van der Waals surface area (Å²) in [4.78, 5) is 24.0. The molecule has 0 aliphatic carbocycles. The van der Waals surface area contributed by atoms with Crippen LogP contribution in [0.25, 0.3) is 0 Å². The SMILES string of the molecule is CCSC(=S)SC(C)(C#N)CCC(=O)OCCCCCCOC(=O)CCC(C)(C#N)SC(=S)SCC. The van der Waals surface area contributed by atoms with E-state index in [1.165, 1.54) is 47.0 Å². The monoisotopic (exact) mass is 608 g/mol. The van der Waals surface area contributed by atoms with E-state index in [1.54, 1.807) is 13.8 Å². The Labute approximate surface area is 244 Å². The van der Waals surface area contributed by atoms with Crippen LogP contribution in [0.5, 0.6) is 0 Å². The van der Waals surface area contributed by atoms with Gasteiger partial charge in [-0.2, -0.15) is 10.5 Å². The van der Waals surface area contributed by atoms with Gasteiger partial charge in [0.1, 0.15) is 16.6 Å². The van der Waals surface area contributed by atoms with E-state index in [0.29, 0.717) is 33.1 Å². The zero-order valence-electron chi connectivity index (χ0n) is 21.5. The van der Waals surface area contributed by atoms with Gasteiger partial charge in [-0.3, -0.25) is 9.59 Å². The fourth-order valence-corrected chi connectivity index (χ4v) is 8.48. The lowest BCUT2D eigenvalue weighted by Crippen LogP contribution is -2.21. The first-order chi connectivity index (χ1) is 17.0. The summed E-state index contributed by atoms with van der Waals surface area (Å²) in [7, 11) is 0. The first kappa shape index (κ1) is 35.5. The molecule has 0 fully saturated rings. The fourth-order valence-electron chi connectivity index (χ4n) is 2.68. The van der Waals surface area contributed by atoms with Crippen LogP contribution in [0.15, 0.2) is 0 Å². The molecule has 36 heavy (non-hydrogen) atoms. The van der Waals surface area contributed by atoms with Crippen molar-refractivity contribution in [1.29, 1.82) is 10.5 Å². The minimum Gasteiger partial charge on any atom is -0.466 e. The van der Waals surface area contributed by atoms with Gasteiger partial charge < -0.3 is 9.47 Å². The molecule has 0 saturated heterocycles. The number of thiocarbonyl (C=S) groups is 2. The van der Waals surface area contributed by atoms with Crippen molar-refractivity contribution in [3.8, 4) is 12.1 Å². The second-order valence-corrected chi connectivity index (χ2v) is 16.1. The number of hydrogen-bond donors (Lipinski definition) is 0. The van der Waals surface area contributed by atoms with Crippen molar-refractivity contribution in [2.75, 3.05) is 24.7 Å². The van der Waals surface area contributed by atoms with E-state index < -0.39 is 9.49 Å². The summed E-state index contributed by atoms with van der Waals surface area (Å²) < 4.78 is 10.5. The molecule has 0 heterocycles. The quantitative estimate of drug-likeness (QED) is 0.0940. The van der Waals surface area contributed by atoms with Gasteiger partial charge in [0.25, 0.3) is 0 Å². The summed E-state index contributed by atoms with van der Waals surface area (Å²) in [6.45, 7) is 8.27. The number of rotatable bonds is 17. The summed E-state index contributed by atoms with van der Waals surface area (Å²) in [6.07, 6.45) is 4.31. The lowest BCUT2D eigenvalue weighted by molar-refractivity contribution is -0.145. The van der Waals surface area contributed by atoms with Gasteiger partial charge in [-0.15, -0.1) is 23.5 Å². The van der Waals surface area contributed by atoms with Gasteiger partial charge in [0.05, 0.1) is 25.4 Å². The lowest BCUT2D eigenvalue weighted by Gasteiger charge is -2.20. The van der Waals surface area contributed by atoms with E-state index in [0.717, 1.165) is 37.2 Å². The number of esters is 2. The largest absolute Gasteiger partial charge is 0.466 e. The van der Waals surface area contributed by atoms with Crippen LogP contribution in [0, 0.1) is 22.7 Å². The number of ether oxygens (including phenoxy) is 2. The van der Waals surface area contributed by atoms with Crippen molar-refractivity contribution < 1.29 is 19.1 Å². The minimum atomic E-state index is -0.734. The molecule has 0 N–H and O–H groups in total. The Hall–Kier alpha value is -0.500. The van der Waals surface area contributed by atoms with E-state index in [4.69, 9.17) is 33.9 Å². The van der Waals surface area contributed by atoms with Crippen LogP contribution >= 0.6 is 71.5 Å². The van der Waals surface area contributed by atoms with Gasteiger partial charge in [0.15, 0.2) is 0 Å². The van der Waals surface area contributed by atoms with Gasteiger partial charge in [0.2, 0.25) is 0 Å². The van der Waals surface area contributed by atoms with Crippen LogP contribution in [0.2, 0.25) is 0 Å². The van der Waals surface area contributed by atoms with Gasteiger partial charge in [-0.25, -0.2) is 0 Å². The second-order valence-electron chi connectivity index (χ2n) is 8.11. The van der Waals surface area contributed by atoms with Crippen LogP contribution in [-0.4, -0.2) is 53.2 Å². The van der Waals surface area contributed by atoms with Crippen molar-refractivity contribution in [3.63, 3.8) is 0 Å². The number of nitriles is 2. The number of hydrogen-bond acceptors (Lipinski definition) is 12. The molecule has 2 unspecified atom stereocenters. The predicted octanol–water partition coefficient (Wildman–Crippen LogP) is 7.30. The summed E-state index contributed by atoms with van der Waals surface area (Å²) in [5.74, 6) is 1.09. The van der Waals surface area contributed by atoms with E-state index >= 15 is 0 Å². The Morgan fingerprint density at radius 3 is 1.42 bits per heavy atom. The van der Waals surface area contributed by atoms with Crippen LogP contribution in [0.1, 0.15) is 79.1 Å². The van der Waals surface area contributed by atoms with Gasteiger partial charge in [-0.05, 0) is 63.9 Å². The molecule has 0 radical (unpaired) electrons. The minimum absolute atomic E-state index is 0.180. The van der Waals surface area contributed by atoms with E-state index in [-0.39, 0.29) is 24.8 Å². The molecule has 0 aliphatic rings. The second kappa shape index (κ2) is 20.5. The lowest BCUT2D eigenvalue weighted by atomic mass is 10.1. The Morgan fingerprint density at radius 2 is 1.11 bits per heavy atom. The smallest absolute Gasteiger partial charge is 0.305 e. The van der Waals surface area contributed by atoms with E-state index in [2.05, 4.69) is 12.1 Å². The molecule has 0 aromatic carbocycles. The van der Waals surface area contributed by atoms with Crippen LogP contribution in [-0.2, 0) is 19.1 Å². The number of nitrogens with zero attached hydrogens (tertiary/aromatic N) is 2. The zero-order chi connectivity index (χ0) is 27.5. The van der Waals surface area contributed by atoms with E-state index in [9.17, 15) is 20.1 Å². The van der Waals surface area contributed by atoms with Crippen molar-refractivity contribution in [2.45, 2.75) is 88.6 Å². The van der Waals surface area contributed by atoms with Crippen molar-refractivity contribution in [3.05, 3.63) is 0 Å². The highest BCUT2D eigenvalue weighted by Crippen LogP contribution is 2.35. The molecule has 0 bridgehead atoms. The summed E-state index contributed by atoms with van der Waals surface area (Å²) in [6, 6.07) is 4.51. The fraction of sp³-hybridized carbons (Fsp3) is 0.750. The molecule has 12 heteroatoms. The zero-order valence-corrected chi connectivity index (χ0v) is 26.4. The van der Waals surface area contributed by atoms with Crippen molar-refractivity contribution in [1.82, 2.24) is 0 Å². The Bertz CT molecular complexity index is 747. The summed E-state index contributed by atoms with van der Waals surface area (Å²) in [5, 5.41) is 18.9. The van der Waals surface area contributed by atoms with Crippen LogP contribution in [0.4, 0.5) is 0 Å². The van der Waals surface area contributed by atoms with Gasteiger partial charge >= 0.3 is 11.9 Å². The van der Waals surface area contributed by atoms with E-state index in [1.807, 2.05) is 13.8 Å². The number of unbranched alkanes of at least 4 members (excludes halogenated alkanes) is 3. The normalized spacial score (nSPS) is 13.9. The van der Waals surface area contributed by atoms with Crippen molar-refractivity contribution >= 4 is 90.5 Å². The molecule has 2 atom stereocenters. The molecule has 0 saturated carbocycles. The number of carbonyl (C=O) groups is 2. The number of carbonyl (C=O) groups excluding carboxylic acids is 2. The Kier molecular flexibility index (Phi) is 20.2. The molecule has 0 aromatic rings. The average Bonchev–Trinajstić information content (AvgIpc) is 2.83. The first-order valence-corrected chi connectivity index (χ1v) is 16.3. The van der Waals surface area contributed by atoms with Crippen LogP contribution in [0.3, 0.4) is 0 Å². The molecule has 6 nitrogen and oxygen atoms in total. The highest BCUT2D eigenvalue weighted by atomic mass is 32.2. The topological polar surface area (TPSA) is 100 Å². The number of thioether (sulfide) groups is 4. The van der Waals surface area contributed by atoms with Gasteiger partial charge in [-0.1, -0.05) is 61.8 Å². The van der Waals surface area contributed by atoms with Gasteiger partial charge in [0, 0.05) is 12.8 Å². The Balaban J connectivity index is 3.95. The molecule has 0 amide bonds. The van der Waals surface area contributed by atoms with Crippen LogP contribution < -0.4 is 0 Å². The standard InChI is InChI=1S/C24H36N2O4S6/c1-5-33-21(31)35-23(3,17-25)13-11-19(27)29-15-9-7-8-10-16-30-20(28)12-14-24(4,18-26)36-22(32)34-6-2/h5-16H2,1-4H3. The summed E-state index contributed by atoms with van der Waals surface area (Å²) in [5.41, 5.74) is 0. The third-order valence-electron chi connectivity index (χ3n) is 4.79. The molecular formula is C24H36N2O4S6. The molecule has 0 spiro atoms. The summed E-state index contributed by atoms with van der Waals surface area (Å²) >= 11 is 16.2. The predicted molar refractivity (Wildman–Crippen MR) is 164 cm³/mol. The third kappa shape index (κ3) is 17.9. The highest BCUT2D eigenvalue weighted by molar-refractivity contribution is 8.48. The maximum atomic E-state index is 12.0. The molecular weight excluding hydrogens is 573 g/mol. The highest BCUT2D eigenvalue weighted by Gasteiger charge is 2.29. The Morgan fingerprint density at radius 1 is 0.750 bits per heavy atom. The third-order valence-corrected chi connectivity index (χ3v) is 10.1. The molecule has 0 aromatic heterocycles. The maximum Gasteiger partial charge on any atom is 0.305 e. The van der Waals surface area contributed by atoms with Crippen molar-refractivity contribution in [2.24, 2.45) is 0 Å². The first-order valence-electron chi connectivity index (χ1n) is 11.9. The maximum absolute atomic E-state index is 12.0. The molecule has 0 aliphatic heterocycles. The molecule has 0 rings (SSSR count).